The molecular weight excluding hydrogens is 645 g/mol. The minimum atomic E-state index is -5.19. The molecule has 13 heteroatoms. The van der Waals surface area contributed by atoms with Crippen LogP contribution in [0.15, 0.2) is 66.5 Å². The van der Waals surface area contributed by atoms with E-state index in [-0.39, 0.29) is 29.3 Å². The molecule has 0 spiro atoms. The van der Waals surface area contributed by atoms with E-state index in [0.717, 1.165) is 22.9 Å². The molecule has 1 N–H and O–H groups in total. The van der Waals surface area contributed by atoms with Gasteiger partial charge in [0.05, 0.1) is 24.6 Å². The number of alkyl halides is 3. The average molecular weight is 680 g/mol. The lowest BCUT2D eigenvalue weighted by molar-refractivity contribution is -0.144. The van der Waals surface area contributed by atoms with Crippen molar-refractivity contribution in [2.24, 2.45) is 0 Å². The molecule has 0 aliphatic carbocycles. The molecular formula is C34H35ClF5N3O4. The molecule has 252 valence electrons. The van der Waals surface area contributed by atoms with Gasteiger partial charge in [0.15, 0.2) is 0 Å². The van der Waals surface area contributed by atoms with Crippen LogP contribution in [-0.4, -0.2) is 28.3 Å². The Bertz CT molecular complexity index is 1690. The first-order chi connectivity index (χ1) is 22.2. The van der Waals surface area contributed by atoms with Gasteiger partial charge in [0.2, 0.25) is 5.91 Å². The molecule has 2 atom stereocenters. The second-order valence-electron chi connectivity index (χ2n) is 10.8. The van der Waals surface area contributed by atoms with Crippen LogP contribution >= 0.6 is 11.6 Å². The van der Waals surface area contributed by atoms with E-state index in [1.54, 1.807) is 6.08 Å². The molecule has 7 nitrogen and oxygen atoms in total. The predicted molar refractivity (Wildman–Crippen MR) is 169 cm³/mol. The Morgan fingerprint density at radius 3 is 2.47 bits per heavy atom. The minimum Gasteiger partial charge on any atom is -0.466 e. The van der Waals surface area contributed by atoms with Gasteiger partial charge in [-0.05, 0) is 98.5 Å². The quantitative estimate of drug-likeness (QED) is 0.0761. The molecule has 0 fully saturated rings. The summed E-state index contributed by atoms with van der Waals surface area (Å²) in [5, 5.41) is 6.18. The van der Waals surface area contributed by atoms with Gasteiger partial charge in [-0.3, -0.25) is 14.4 Å². The second kappa shape index (κ2) is 16.5. The number of carbonyl (C=O) groups is 2. The van der Waals surface area contributed by atoms with Crippen molar-refractivity contribution >= 4 is 23.5 Å². The van der Waals surface area contributed by atoms with Crippen LogP contribution in [0.4, 0.5) is 22.0 Å². The van der Waals surface area contributed by atoms with E-state index in [1.165, 1.54) is 32.1 Å². The van der Waals surface area contributed by atoms with Crippen LogP contribution in [0.3, 0.4) is 0 Å². The summed E-state index contributed by atoms with van der Waals surface area (Å²) in [6.07, 6.45) is -0.833. The predicted octanol–water partition coefficient (Wildman–Crippen LogP) is 8.00. The number of allylic oxidation sites excluding steroid dienone is 2. The fourth-order valence-electron chi connectivity index (χ4n) is 5.27. The van der Waals surface area contributed by atoms with Crippen molar-refractivity contribution in [3.63, 3.8) is 0 Å². The Hall–Kier alpha value is -4.32. The molecule has 1 heterocycles. The molecule has 0 aliphatic rings. The minimum absolute atomic E-state index is 0.0941. The SMILES string of the molecule is C=CCCCCc1cc(F)cc(C)c1-c1cc([C@H](CC(=O)OCC)NC(=O)[C@H](CC=C)n2nc(Cl)ccc2=O)c(F)c(C(F)(F)F)c1. The smallest absolute Gasteiger partial charge is 0.419 e. The Morgan fingerprint density at radius 1 is 1.11 bits per heavy atom. The van der Waals surface area contributed by atoms with Crippen LogP contribution in [0.2, 0.25) is 5.15 Å². The number of aryl methyl sites for hydroxylation is 2. The third kappa shape index (κ3) is 9.60. The lowest BCUT2D eigenvalue weighted by atomic mass is 9.88. The summed E-state index contributed by atoms with van der Waals surface area (Å²) in [6, 6.07) is 3.29. The van der Waals surface area contributed by atoms with E-state index in [1.807, 2.05) is 0 Å². The molecule has 1 aromatic heterocycles. The number of unbranched alkanes of at least 4 members (excludes halogenated alkanes) is 2. The summed E-state index contributed by atoms with van der Waals surface area (Å²) in [6.45, 7) is 10.2. The van der Waals surface area contributed by atoms with Gasteiger partial charge in [-0.25, -0.2) is 13.5 Å². The number of nitrogens with zero attached hydrogens (tertiary/aromatic N) is 2. The number of hydrogen-bond donors (Lipinski definition) is 1. The summed E-state index contributed by atoms with van der Waals surface area (Å²) >= 11 is 5.94. The average Bonchev–Trinajstić information content (AvgIpc) is 2.98. The number of halogens is 6. The van der Waals surface area contributed by atoms with Crippen molar-refractivity contribution in [2.45, 2.75) is 70.6 Å². The van der Waals surface area contributed by atoms with Crippen LogP contribution in [0.25, 0.3) is 11.1 Å². The number of carbonyl (C=O) groups excluding carboxylic acids is 2. The van der Waals surface area contributed by atoms with E-state index < -0.39 is 64.9 Å². The van der Waals surface area contributed by atoms with Crippen molar-refractivity contribution in [3.05, 3.63) is 111 Å². The van der Waals surface area contributed by atoms with Crippen molar-refractivity contribution in [3.8, 4) is 11.1 Å². The standard InChI is InChI=1S/C34H35ClF5N3O4/c1-5-8-9-10-12-21-16-23(36)15-20(4)31(21)22-17-24(32(37)25(18-22)34(38,39)40)26(19-30(45)47-7-3)41-33(46)27(11-6-2)43-29(44)14-13-28(35)42-43/h5-6,13-18,26-27H,1-2,7-12,19H2,3-4H3,(H,41,46)/t26-,27-/m0/s1. The molecule has 0 aliphatic heterocycles. The molecule has 47 heavy (non-hydrogen) atoms. The number of nitrogens with one attached hydrogen (secondary N) is 1. The van der Waals surface area contributed by atoms with Gasteiger partial charge in [0, 0.05) is 11.6 Å². The van der Waals surface area contributed by atoms with Gasteiger partial charge < -0.3 is 10.1 Å². The summed E-state index contributed by atoms with van der Waals surface area (Å²) < 4.78 is 79.3. The molecule has 0 unspecified atom stereocenters. The normalized spacial score (nSPS) is 12.7. The molecule has 2 aromatic carbocycles. The van der Waals surface area contributed by atoms with Gasteiger partial charge in [0.25, 0.3) is 5.56 Å². The number of hydrogen-bond acceptors (Lipinski definition) is 5. The number of rotatable bonds is 15. The molecule has 1 amide bonds. The third-order valence-corrected chi connectivity index (χ3v) is 7.53. The maximum absolute atomic E-state index is 15.9. The molecule has 3 rings (SSSR count). The highest BCUT2D eigenvalue weighted by molar-refractivity contribution is 6.29. The number of esters is 1. The van der Waals surface area contributed by atoms with E-state index >= 15 is 4.39 Å². The van der Waals surface area contributed by atoms with E-state index in [4.69, 9.17) is 16.3 Å². The molecule has 0 bridgehead atoms. The maximum atomic E-state index is 15.9. The second-order valence-corrected chi connectivity index (χ2v) is 11.2. The number of amides is 1. The topological polar surface area (TPSA) is 90.3 Å². The van der Waals surface area contributed by atoms with Gasteiger partial charge >= 0.3 is 12.1 Å². The van der Waals surface area contributed by atoms with Crippen LogP contribution in [-0.2, 0) is 26.9 Å². The number of benzene rings is 2. The lowest BCUT2D eigenvalue weighted by Crippen LogP contribution is -2.40. The highest BCUT2D eigenvalue weighted by Crippen LogP contribution is 2.40. The van der Waals surface area contributed by atoms with Crippen LogP contribution in [0.5, 0.6) is 0 Å². The van der Waals surface area contributed by atoms with Crippen molar-refractivity contribution < 1.29 is 36.3 Å². The summed E-state index contributed by atoms with van der Waals surface area (Å²) in [5.41, 5.74) is -2.16. The highest BCUT2D eigenvalue weighted by Gasteiger charge is 2.38. The highest BCUT2D eigenvalue weighted by atomic mass is 35.5. The van der Waals surface area contributed by atoms with Crippen molar-refractivity contribution in [1.82, 2.24) is 15.1 Å². The molecule has 3 aromatic rings. The fraction of sp³-hybridized carbons (Fsp3) is 0.353. The summed E-state index contributed by atoms with van der Waals surface area (Å²) in [7, 11) is 0. The van der Waals surface area contributed by atoms with Crippen LogP contribution in [0, 0.1) is 18.6 Å². The zero-order valence-electron chi connectivity index (χ0n) is 25.9. The Morgan fingerprint density at radius 2 is 1.83 bits per heavy atom. The maximum Gasteiger partial charge on any atom is 0.419 e. The fourth-order valence-corrected chi connectivity index (χ4v) is 5.42. The zero-order chi connectivity index (χ0) is 34.9. The van der Waals surface area contributed by atoms with Gasteiger partial charge in [-0.2, -0.15) is 18.3 Å². The summed E-state index contributed by atoms with van der Waals surface area (Å²) in [4.78, 5) is 38.9. The van der Waals surface area contributed by atoms with Crippen molar-refractivity contribution in [1.29, 1.82) is 0 Å². The van der Waals surface area contributed by atoms with Gasteiger partial charge in [-0.15, -0.1) is 13.2 Å². The lowest BCUT2D eigenvalue weighted by Gasteiger charge is -2.25. The first-order valence-electron chi connectivity index (χ1n) is 14.8. The first kappa shape index (κ1) is 37.1. The van der Waals surface area contributed by atoms with Gasteiger partial charge in [-0.1, -0.05) is 23.8 Å². The van der Waals surface area contributed by atoms with Crippen LogP contribution in [0.1, 0.15) is 73.4 Å². The Labute approximate surface area is 274 Å². The molecule has 0 radical (unpaired) electrons. The molecule has 0 saturated heterocycles. The number of ether oxygens (including phenoxy) is 1. The zero-order valence-corrected chi connectivity index (χ0v) is 26.7. The van der Waals surface area contributed by atoms with E-state index in [9.17, 15) is 31.9 Å². The van der Waals surface area contributed by atoms with Gasteiger partial charge in [0.1, 0.15) is 22.8 Å². The van der Waals surface area contributed by atoms with E-state index in [0.29, 0.717) is 42.9 Å². The molecule has 0 saturated carbocycles. The van der Waals surface area contributed by atoms with Crippen LogP contribution < -0.4 is 10.9 Å². The monoisotopic (exact) mass is 679 g/mol. The Balaban J connectivity index is 2.25. The summed E-state index contributed by atoms with van der Waals surface area (Å²) in [5.74, 6) is -4.22. The largest absolute Gasteiger partial charge is 0.466 e. The van der Waals surface area contributed by atoms with Crippen molar-refractivity contribution in [2.75, 3.05) is 6.61 Å². The first-order valence-corrected chi connectivity index (χ1v) is 15.2. The van der Waals surface area contributed by atoms with E-state index in [2.05, 4.69) is 23.6 Å². The number of aromatic nitrogens is 2. The third-order valence-electron chi connectivity index (χ3n) is 7.33. The Kier molecular flexibility index (Phi) is 13.0.